The molecule has 4 aromatic heterocycles. The van der Waals surface area contributed by atoms with Gasteiger partial charge in [0.05, 0.1) is 30.5 Å². The van der Waals surface area contributed by atoms with Crippen molar-refractivity contribution in [2.45, 2.75) is 30.9 Å². The van der Waals surface area contributed by atoms with E-state index in [-0.39, 0.29) is 12.1 Å². The summed E-state index contributed by atoms with van der Waals surface area (Å²) >= 11 is 0. The molecule has 1 aliphatic carbocycles. The Morgan fingerprint density at radius 3 is 2.89 bits per heavy atom. The first-order valence-electron chi connectivity index (χ1n) is 12.3. The first-order valence-corrected chi connectivity index (χ1v) is 12.3. The van der Waals surface area contributed by atoms with Gasteiger partial charge in [0.15, 0.2) is 5.82 Å². The van der Waals surface area contributed by atoms with Crippen molar-refractivity contribution in [1.82, 2.24) is 30.2 Å². The van der Waals surface area contributed by atoms with Crippen LogP contribution in [0.5, 0.6) is 0 Å². The first-order chi connectivity index (χ1) is 17.7. The second-order valence-corrected chi connectivity index (χ2v) is 9.50. The number of hydrogen-bond donors (Lipinski definition) is 2. The maximum atomic E-state index is 13.6. The van der Waals surface area contributed by atoms with Gasteiger partial charge in [0.25, 0.3) is 0 Å². The highest BCUT2D eigenvalue weighted by Gasteiger charge is 2.38. The van der Waals surface area contributed by atoms with Crippen LogP contribution in [0.25, 0.3) is 22.3 Å². The van der Waals surface area contributed by atoms with E-state index in [0.29, 0.717) is 30.0 Å². The van der Waals surface area contributed by atoms with Crippen LogP contribution < -0.4 is 15.5 Å². The molecule has 2 saturated heterocycles. The van der Waals surface area contributed by atoms with Crippen LogP contribution in [0.3, 0.4) is 0 Å². The van der Waals surface area contributed by atoms with E-state index in [4.69, 9.17) is 14.7 Å². The molecule has 4 aromatic rings. The molecular weight excluding hydrogens is 459 g/mol. The fourth-order valence-electron chi connectivity index (χ4n) is 5.23. The van der Waals surface area contributed by atoms with Crippen LogP contribution in [0.2, 0.25) is 0 Å². The minimum atomic E-state index is -0.553. The van der Waals surface area contributed by atoms with Crippen LogP contribution in [-0.2, 0) is 4.74 Å². The lowest BCUT2D eigenvalue weighted by Gasteiger charge is -2.38. The third-order valence-corrected chi connectivity index (χ3v) is 7.09. The molecule has 3 aliphatic rings. The number of halogens is 1. The van der Waals surface area contributed by atoms with E-state index in [1.165, 1.54) is 24.5 Å². The van der Waals surface area contributed by atoms with E-state index in [9.17, 15) is 4.39 Å². The van der Waals surface area contributed by atoms with Crippen LogP contribution in [0, 0.1) is 5.95 Å². The Balaban J connectivity index is 1.34. The largest absolute Gasteiger partial charge is 0.373 e. The van der Waals surface area contributed by atoms with Crippen LogP contribution in [0.1, 0.15) is 24.3 Å². The Morgan fingerprint density at radius 2 is 2.00 bits per heavy atom. The summed E-state index contributed by atoms with van der Waals surface area (Å²) in [6.45, 7) is 3.15. The normalized spacial score (nSPS) is 21.5. The van der Waals surface area contributed by atoms with Gasteiger partial charge in [-0.1, -0.05) is 6.07 Å². The van der Waals surface area contributed by atoms with E-state index in [2.05, 4.69) is 30.5 Å². The minimum Gasteiger partial charge on any atom is -0.373 e. The molecule has 2 N–H and O–H groups in total. The van der Waals surface area contributed by atoms with Gasteiger partial charge in [-0.2, -0.15) is 4.39 Å². The number of nitrogens with one attached hydrogen (secondary N) is 2. The molecular formula is C26H25FN8O. The molecule has 2 unspecified atom stereocenters. The van der Waals surface area contributed by atoms with Gasteiger partial charge in [0.2, 0.25) is 5.95 Å². The lowest BCUT2D eigenvalue weighted by molar-refractivity contribution is 0.0348. The van der Waals surface area contributed by atoms with E-state index >= 15 is 0 Å². The third-order valence-electron chi connectivity index (χ3n) is 7.09. The highest BCUT2D eigenvalue weighted by atomic mass is 19.1. The summed E-state index contributed by atoms with van der Waals surface area (Å²) in [6.07, 6.45) is 8.00. The van der Waals surface area contributed by atoms with E-state index < -0.39 is 5.95 Å². The molecule has 9 nitrogen and oxygen atoms in total. The van der Waals surface area contributed by atoms with Gasteiger partial charge >= 0.3 is 0 Å². The van der Waals surface area contributed by atoms with Crippen LogP contribution in [-0.4, -0.2) is 63.3 Å². The zero-order valence-electron chi connectivity index (χ0n) is 19.6. The molecule has 36 heavy (non-hydrogen) atoms. The van der Waals surface area contributed by atoms with E-state index in [1.54, 1.807) is 18.3 Å². The third kappa shape index (κ3) is 3.92. The lowest BCUT2D eigenvalue weighted by Crippen LogP contribution is -2.51. The topological polar surface area (TPSA) is 101 Å². The predicted octanol–water partition coefficient (Wildman–Crippen LogP) is 3.42. The summed E-state index contributed by atoms with van der Waals surface area (Å²) in [5.41, 5.74) is 2.88. The monoisotopic (exact) mass is 484 g/mol. The summed E-state index contributed by atoms with van der Waals surface area (Å²) in [5, 5.41) is 7.64. The molecule has 0 radical (unpaired) electrons. The lowest BCUT2D eigenvalue weighted by atomic mass is 10.0. The maximum absolute atomic E-state index is 13.6. The zero-order chi connectivity index (χ0) is 24.1. The van der Waals surface area contributed by atoms with Crippen molar-refractivity contribution in [1.29, 1.82) is 0 Å². The van der Waals surface area contributed by atoms with Crippen LogP contribution in [0.15, 0.2) is 48.9 Å². The molecule has 0 aromatic carbocycles. The second-order valence-electron chi connectivity index (χ2n) is 9.50. The fourth-order valence-corrected chi connectivity index (χ4v) is 5.23. The average molecular weight is 485 g/mol. The highest BCUT2D eigenvalue weighted by molar-refractivity contribution is 5.94. The Kier molecular flexibility index (Phi) is 5.21. The number of fused-ring (bicyclic) bond motifs is 2. The standard InChI is InChI=1S/C26H25FN8O/c27-21-2-1-3-22(32-21)33-23-10-16(6-7-30-23)25-31-18-12-28-11-17(15-4-5-15)24(18)26(34-25)35-8-9-36-20-14-29-13-19(20)35/h1-3,6-7,10-12,15,19-20,29H,4-5,8-9,13-14H2,(H,30,32,33). The molecule has 182 valence electrons. The number of ether oxygens (including phenoxy) is 1. The zero-order valence-corrected chi connectivity index (χ0v) is 19.6. The maximum Gasteiger partial charge on any atom is 0.214 e. The molecule has 10 heteroatoms. The van der Waals surface area contributed by atoms with Gasteiger partial charge in [0.1, 0.15) is 17.5 Å². The Morgan fingerprint density at radius 1 is 1.06 bits per heavy atom. The van der Waals surface area contributed by atoms with Crippen molar-refractivity contribution in [2.75, 3.05) is 36.5 Å². The number of pyridine rings is 3. The molecule has 1 saturated carbocycles. The first kappa shape index (κ1) is 21.5. The van der Waals surface area contributed by atoms with Gasteiger partial charge in [0, 0.05) is 43.0 Å². The van der Waals surface area contributed by atoms with Crippen molar-refractivity contribution < 1.29 is 9.13 Å². The molecule has 0 spiro atoms. The van der Waals surface area contributed by atoms with Gasteiger partial charge < -0.3 is 20.3 Å². The predicted molar refractivity (Wildman–Crippen MR) is 134 cm³/mol. The quantitative estimate of drug-likeness (QED) is 0.413. The number of anilines is 3. The van der Waals surface area contributed by atoms with Gasteiger partial charge in [-0.15, -0.1) is 0 Å². The smallest absolute Gasteiger partial charge is 0.214 e. The number of hydrogen-bond acceptors (Lipinski definition) is 9. The summed E-state index contributed by atoms with van der Waals surface area (Å²) < 4.78 is 19.6. The molecule has 0 bridgehead atoms. The van der Waals surface area contributed by atoms with Crippen LogP contribution in [0.4, 0.5) is 21.8 Å². The molecule has 2 atom stereocenters. The van der Waals surface area contributed by atoms with Crippen LogP contribution >= 0.6 is 0 Å². The van der Waals surface area contributed by atoms with Gasteiger partial charge in [-0.3, -0.25) is 4.98 Å². The van der Waals surface area contributed by atoms with Crippen molar-refractivity contribution in [3.8, 4) is 11.4 Å². The molecule has 7 rings (SSSR count). The summed E-state index contributed by atoms with van der Waals surface area (Å²) in [5.74, 6) is 2.42. The molecule has 0 amide bonds. The van der Waals surface area contributed by atoms with Crippen molar-refractivity contribution in [2.24, 2.45) is 0 Å². The van der Waals surface area contributed by atoms with Crippen molar-refractivity contribution in [3.05, 3.63) is 60.4 Å². The Hall–Kier alpha value is -3.76. The number of aromatic nitrogens is 5. The number of rotatable bonds is 5. The van der Waals surface area contributed by atoms with Crippen molar-refractivity contribution in [3.63, 3.8) is 0 Å². The Labute approximate surface area is 207 Å². The molecule has 2 aliphatic heterocycles. The van der Waals surface area contributed by atoms with E-state index in [1.807, 2.05) is 24.5 Å². The summed E-state index contributed by atoms with van der Waals surface area (Å²) in [7, 11) is 0. The number of nitrogens with zero attached hydrogens (tertiary/aromatic N) is 6. The Bertz CT molecular complexity index is 1440. The van der Waals surface area contributed by atoms with Crippen molar-refractivity contribution >= 4 is 28.4 Å². The molecule has 6 heterocycles. The molecule has 3 fully saturated rings. The van der Waals surface area contributed by atoms with Gasteiger partial charge in [-0.05, 0) is 48.6 Å². The summed E-state index contributed by atoms with van der Waals surface area (Å²) in [4.78, 5) is 25.3. The highest BCUT2D eigenvalue weighted by Crippen LogP contribution is 2.45. The summed E-state index contributed by atoms with van der Waals surface area (Å²) in [6, 6.07) is 8.56. The minimum absolute atomic E-state index is 0.147. The van der Waals surface area contributed by atoms with E-state index in [0.717, 1.165) is 41.9 Å². The average Bonchev–Trinajstić information content (AvgIpc) is 3.63. The second kappa shape index (κ2) is 8.72. The van der Waals surface area contributed by atoms with Gasteiger partial charge in [-0.25, -0.2) is 19.9 Å². The fraction of sp³-hybridized carbons (Fsp3) is 0.346. The number of morpholine rings is 1. The SMILES string of the molecule is Fc1cccc(Nc2cc(-c3nc(N4CCOC5CNCC54)c4c(C5CC5)cncc4n3)ccn2)n1.